The molecule has 0 aliphatic heterocycles. The number of benzene rings is 1. The van der Waals surface area contributed by atoms with Crippen LogP contribution in [-0.2, 0) is 16.8 Å². The second kappa shape index (κ2) is 9.53. The Hall–Kier alpha value is -2.63. The molecule has 1 atom stereocenters. The molecule has 2 rings (SSSR count). The predicted molar refractivity (Wildman–Crippen MR) is 111 cm³/mol. The molecule has 1 aromatic carbocycles. The first kappa shape index (κ1) is 21.7. The van der Waals surface area contributed by atoms with Crippen molar-refractivity contribution in [2.75, 3.05) is 6.54 Å². The summed E-state index contributed by atoms with van der Waals surface area (Å²) in [6.07, 6.45) is 4.40. The molecule has 1 aromatic heterocycles. The molecule has 152 valence electrons. The van der Waals surface area contributed by atoms with E-state index in [4.69, 9.17) is 0 Å². The first-order valence-corrected chi connectivity index (χ1v) is 9.85. The molecule has 0 radical (unpaired) electrons. The van der Waals surface area contributed by atoms with Gasteiger partial charge in [-0.25, -0.2) is 0 Å². The van der Waals surface area contributed by atoms with Gasteiger partial charge in [-0.05, 0) is 41.5 Å². The van der Waals surface area contributed by atoms with Gasteiger partial charge in [0.15, 0.2) is 0 Å². The average molecular weight is 385 g/mol. The van der Waals surface area contributed by atoms with Crippen molar-refractivity contribution in [3.8, 4) is 0 Å². The van der Waals surface area contributed by atoms with Gasteiger partial charge >= 0.3 is 0 Å². The minimum absolute atomic E-state index is 0.0103. The van der Waals surface area contributed by atoms with Crippen molar-refractivity contribution in [1.29, 1.82) is 0 Å². The Morgan fingerprint density at radius 2 is 1.82 bits per heavy atom. The summed E-state index contributed by atoms with van der Waals surface area (Å²) in [7, 11) is 0. The van der Waals surface area contributed by atoms with Crippen LogP contribution in [0.1, 0.15) is 57.0 Å². The van der Waals surface area contributed by atoms with E-state index in [9.17, 15) is 9.59 Å². The number of rotatable bonds is 8. The smallest absolute Gasteiger partial charge is 0.251 e. The molecular weight excluding hydrogens is 352 g/mol. The van der Waals surface area contributed by atoms with E-state index in [2.05, 4.69) is 36.5 Å². The molecule has 2 amide bonds. The monoisotopic (exact) mass is 384 g/mol. The van der Waals surface area contributed by atoms with Crippen molar-refractivity contribution in [3.05, 3.63) is 53.9 Å². The molecule has 1 unspecified atom stereocenters. The number of hydrogen-bond acceptors (Lipinski definition) is 3. The molecule has 2 aromatic rings. The molecule has 0 spiro atoms. The zero-order chi connectivity index (χ0) is 20.7. The molecule has 0 aliphatic rings. The number of aromatic nitrogens is 2. The van der Waals surface area contributed by atoms with E-state index in [0.29, 0.717) is 12.1 Å². The van der Waals surface area contributed by atoms with Crippen molar-refractivity contribution in [2.45, 2.75) is 59.0 Å². The first-order valence-electron chi connectivity index (χ1n) is 9.85. The molecular formula is C22H32N4O2. The third-order valence-corrected chi connectivity index (χ3v) is 4.67. The highest BCUT2D eigenvalue weighted by Crippen LogP contribution is 2.22. The Labute approximate surface area is 167 Å². The van der Waals surface area contributed by atoms with Gasteiger partial charge in [-0.3, -0.25) is 14.3 Å². The molecule has 28 heavy (non-hydrogen) atoms. The van der Waals surface area contributed by atoms with Crippen LogP contribution < -0.4 is 10.6 Å². The first-order chi connectivity index (χ1) is 13.2. The van der Waals surface area contributed by atoms with E-state index < -0.39 is 6.04 Å². The Kier molecular flexibility index (Phi) is 7.38. The van der Waals surface area contributed by atoms with Crippen molar-refractivity contribution in [1.82, 2.24) is 20.4 Å². The third kappa shape index (κ3) is 6.22. The lowest BCUT2D eigenvalue weighted by molar-refractivity contribution is -0.123. The van der Waals surface area contributed by atoms with Crippen molar-refractivity contribution >= 4 is 11.8 Å². The van der Waals surface area contributed by atoms with Crippen molar-refractivity contribution in [2.24, 2.45) is 5.92 Å². The van der Waals surface area contributed by atoms with Gasteiger partial charge in [0, 0.05) is 31.0 Å². The van der Waals surface area contributed by atoms with Gasteiger partial charge in [0.05, 0.1) is 0 Å². The number of amides is 2. The summed E-state index contributed by atoms with van der Waals surface area (Å²) in [6.45, 7) is 11.5. The molecule has 1 heterocycles. The van der Waals surface area contributed by atoms with Gasteiger partial charge < -0.3 is 10.6 Å². The summed E-state index contributed by atoms with van der Waals surface area (Å²) in [5, 5.41) is 9.93. The van der Waals surface area contributed by atoms with Crippen LogP contribution in [0.4, 0.5) is 0 Å². The Morgan fingerprint density at radius 1 is 1.14 bits per heavy atom. The summed E-state index contributed by atoms with van der Waals surface area (Å²) in [5.74, 6) is -0.398. The summed E-state index contributed by atoms with van der Waals surface area (Å²) in [6, 6.07) is 8.87. The summed E-state index contributed by atoms with van der Waals surface area (Å²) in [4.78, 5) is 25.2. The van der Waals surface area contributed by atoms with Gasteiger partial charge in [-0.2, -0.15) is 5.10 Å². The van der Waals surface area contributed by atoms with E-state index in [0.717, 1.165) is 13.0 Å². The summed E-state index contributed by atoms with van der Waals surface area (Å²) >= 11 is 0. The van der Waals surface area contributed by atoms with Gasteiger partial charge in [-0.15, -0.1) is 0 Å². The molecule has 0 fully saturated rings. The fraction of sp³-hybridized carbons (Fsp3) is 0.500. The second-order valence-electron chi connectivity index (χ2n) is 8.44. The summed E-state index contributed by atoms with van der Waals surface area (Å²) < 4.78 is 1.83. The average Bonchev–Trinajstić information content (AvgIpc) is 3.15. The van der Waals surface area contributed by atoms with Crippen LogP contribution in [0.5, 0.6) is 0 Å². The van der Waals surface area contributed by atoms with E-state index in [-0.39, 0.29) is 23.1 Å². The largest absolute Gasteiger partial charge is 0.354 e. The number of nitrogens with one attached hydrogen (secondary N) is 2. The maximum Gasteiger partial charge on any atom is 0.251 e. The fourth-order valence-electron chi connectivity index (χ4n) is 2.88. The number of nitrogens with zero attached hydrogens (tertiary/aromatic N) is 2. The van der Waals surface area contributed by atoms with Crippen LogP contribution >= 0.6 is 0 Å². The molecule has 0 bridgehead atoms. The van der Waals surface area contributed by atoms with Gasteiger partial charge in [0.25, 0.3) is 5.91 Å². The van der Waals surface area contributed by atoms with Gasteiger partial charge in [0.1, 0.15) is 6.04 Å². The standard InChI is InChI=1S/C22H32N4O2/c1-16(2)19(21(28)23-12-6-14-26-15-7-13-24-26)25-20(27)17-8-10-18(11-9-17)22(3,4)5/h7-11,13,15-16,19H,6,12,14H2,1-5H3,(H,23,28)(H,25,27). The fourth-order valence-corrected chi connectivity index (χ4v) is 2.88. The van der Waals surface area contributed by atoms with Crippen LogP contribution in [0.3, 0.4) is 0 Å². The zero-order valence-corrected chi connectivity index (χ0v) is 17.5. The molecule has 6 nitrogen and oxygen atoms in total. The lowest BCUT2D eigenvalue weighted by Crippen LogP contribution is -2.50. The van der Waals surface area contributed by atoms with Crippen LogP contribution in [-0.4, -0.2) is 34.2 Å². The van der Waals surface area contributed by atoms with Gasteiger partial charge in [0.2, 0.25) is 5.91 Å². The maximum atomic E-state index is 12.6. The maximum absolute atomic E-state index is 12.6. The topological polar surface area (TPSA) is 76.0 Å². The van der Waals surface area contributed by atoms with E-state index >= 15 is 0 Å². The van der Waals surface area contributed by atoms with Crippen molar-refractivity contribution in [3.63, 3.8) is 0 Å². The van der Waals surface area contributed by atoms with Crippen LogP contribution in [0.15, 0.2) is 42.7 Å². The molecule has 2 N–H and O–H groups in total. The minimum Gasteiger partial charge on any atom is -0.354 e. The van der Waals surface area contributed by atoms with E-state index in [1.807, 2.05) is 55.1 Å². The van der Waals surface area contributed by atoms with E-state index in [1.54, 1.807) is 6.20 Å². The molecule has 0 saturated carbocycles. The Morgan fingerprint density at radius 3 is 2.36 bits per heavy atom. The SMILES string of the molecule is CC(C)C(NC(=O)c1ccc(C(C)(C)C)cc1)C(=O)NCCCn1cccn1. The number of carbonyl (C=O) groups excluding carboxylic acids is 2. The van der Waals surface area contributed by atoms with E-state index in [1.165, 1.54) is 5.56 Å². The lowest BCUT2D eigenvalue weighted by Gasteiger charge is -2.22. The van der Waals surface area contributed by atoms with Crippen LogP contribution in [0.25, 0.3) is 0 Å². The minimum atomic E-state index is -0.570. The highest BCUT2D eigenvalue weighted by atomic mass is 16.2. The molecule has 0 saturated heterocycles. The van der Waals surface area contributed by atoms with Crippen LogP contribution in [0, 0.1) is 5.92 Å². The van der Waals surface area contributed by atoms with Gasteiger partial charge in [-0.1, -0.05) is 46.8 Å². The number of hydrogen-bond donors (Lipinski definition) is 2. The molecule has 0 aliphatic carbocycles. The predicted octanol–water partition coefficient (Wildman–Crippen LogP) is 3.14. The highest BCUT2D eigenvalue weighted by Gasteiger charge is 2.24. The van der Waals surface area contributed by atoms with Crippen LogP contribution in [0.2, 0.25) is 0 Å². The quantitative estimate of drug-likeness (QED) is 0.687. The zero-order valence-electron chi connectivity index (χ0n) is 17.5. The van der Waals surface area contributed by atoms with Crippen molar-refractivity contribution < 1.29 is 9.59 Å². The molecule has 6 heteroatoms. The number of aryl methyl sites for hydroxylation is 1. The third-order valence-electron chi connectivity index (χ3n) is 4.67. The number of carbonyl (C=O) groups is 2. The second-order valence-corrected chi connectivity index (χ2v) is 8.44. The summed E-state index contributed by atoms with van der Waals surface area (Å²) in [5.41, 5.74) is 1.76. The lowest BCUT2D eigenvalue weighted by atomic mass is 9.86. The normalized spacial score (nSPS) is 12.6. The highest BCUT2D eigenvalue weighted by molar-refractivity contribution is 5.97. The Bertz CT molecular complexity index is 759. The Balaban J connectivity index is 1.89.